The molecule has 0 amide bonds. The molecule has 1 nitrogen and oxygen atoms in total. The van der Waals surface area contributed by atoms with E-state index in [9.17, 15) is 4.21 Å². The molecule has 0 aliphatic heterocycles. The predicted molar refractivity (Wildman–Crippen MR) is 98.6 cm³/mol. The monoisotopic (exact) mass is 390 g/mol. The lowest BCUT2D eigenvalue weighted by Gasteiger charge is -2.17. The normalized spacial score (nSPS) is 12.5. The summed E-state index contributed by atoms with van der Waals surface area (Å²) < 4.78 is 14.1. The molecule has 0 N–H and O–H groups in total. The van der Waals surface area contributed by atoms with Crippen LogP contribution >= 0.6 is 27.3 Å². The number of benzene rings is 2. The number of rotatable bonds is 5. The van der Waals surface area contributed by atoms with Crippen molar-refractivity contribution in [3.05, 3.63) is 92.6 Å². The molecule has 1 unspecified atom stereocenters. The van der Waals surface area contributed by atoms with E-state index in [-0.39, 0.29) is 5.25 Å². The molecule has 2 aromatic carbocycles. The predicted octanol–water partition coefficient (Wildman–Crippen LogP) is 5.55. The van der Waals surface area contributed by atoms with Gasteiger partial charge in [-0.2, -0.15) is 0 Å². The molecular weight excluding hydrogens is 376 g/mol. The molecule has 1 heterocycles. The fourth-order valence-electron chi connectivity index (χ4n) is 2.40. The van der Waals surface area contributed by atoms with Gasteiger partial charge in [0.1, 0.15) is 0 Å². The largest absolute Gasteiger partial charge is 0.258 e. The van der Waals surface area contributed by atoms with Gasteiger partial charge in [-0.05, 0) is 33.1 Å². The van der Waals surface area contributed by atoms with Crippen molar-refractivity contribution in [3.63, 3.8) is 0 Å². The summed E-state index contributed by atoms with van der Waals surface area (Å²) in [6, 6.07) is 22.3. The molecule has 0 saturated heterocycles. The van der Waals surface area contributed by atoms with E-state index >= 15 is 0 Å². The van der Waals surface area contributed by atoms with Gasteiger partial charge in [0.15, 0.2) is 0 Å². The zero-order chi connectivity index (χ0) is 15.4. The third-order valence-electron chi connectivity index (χ3n) is 3.37. The Kier molecular flexibility index (Phi) is 5.24. The molecular formula is C18H15BrOS2. The smallest absolute Gasteiger partial charge is 0.0850 e. The van der Waals surface area contributed by atoms with E-state index in [1.165, 1.54) is 0 Å². The number of hydrogen-bond donors (Lipinski definition) is 0. The van der Waals surface area contributed by atoms with Crippen LogP contribution in [0.4, 0.5) is 0 Å². The van der Waals surface area contributed by atoms with Gasteiger partial charge in [-0.1, -0.05) is 60.7 Å². The zero-order valence-electron chi connectivity index (χ0n) is 11.8. The van der Waals surface area contributed by atoms with Crippen LogP contribution in [0.15, 0.2) is 76.6 Å². The first kappa shape index (κ1) is 15.7. The first-order valence-corrected chi connectivity index (χ1v) is 9.99. The minimum Gasteiger partial charge on any atom is -0.258 e. The highest BCUT2D eigenvalue weighted by Crippen LogP contribution is 2.31. The van der Waals surface area contributed by atoms with E-state index in [0.717, 1.165) is 20.5 Å². The lowest BCUT2D eigenvalue weighted by molar-refractivity contribution is 0.678. The van der Waals surface area contributed by atoms with Crippen LogP contribution in [-0.4, -0.2) is 4.21 Å². The Morgan fingerprint density at radius 3 is 1.95 bits per heavy atom. The molecule has 0 spiro atoms. The SMILES string of the molecule is O=S(Cc1cc(Br)cs1)C(c1ccccc1)c1ccccc1. The molecule has 3 rings (SSSR count). The second kappa shape index (κ2) is 7.36. The second-order valence-corrected chi connectivity index (χ2v) is 8.39. The van der Waals surface area contributed by atoms with Gasteiger partial charge in [0, 0.05) is 25.5 Å². The maximum Gasteiger partial charge on any atom is 0.0850 e. The highest BCUT2D eigenvalue weighted by Gasteiger charge is 2.21. The third-order valence-corrected chi connectivity index (χ3v) is 6.92. The second-order valence-electron chi connectivity index (χ2n) is 4.96. The van der Waals surface area contributed by atoms with Crippen molar-refractivity contribution in [1.29, 1.82) is 0 Å². The summed E-state index contributed by atoms with van der Waals surface area (Å²) in [5.41, 5.74) is 2.20. The molecule has 4 heteroatoms. The average molecular weight is 391 g/mol. The Labute approximate surface area is 145 Å². The first-order valence-electron chi connectivity index (χ1n) is 6.94. The molecule has 1 atom stereocenters. The minimum absolute atomic E-state index is 0.0942. The molecule has 3 aromatic rings. The molecule has 0 radical (unpaired) electrons. The molecule has 0 saturated carbocycles. The van der Waals surface area contributed by atoms with E-state index in [1.807, 2.05) is 41.8 Å². The van der Waals surface area contributed by atoms with Gasteiger partial charge in [-0.25, -0.2) is 0 Å². The highest BCUT2D eigenvalue weighted by atomic mass is 79.9. The van der Waals surface area contributed by atoms with Gasteiger partial charge in [0.2, 0.25) is 0 Å². The summed E-state index contributed by atoms with van der Waals surface area (Å²) in [4.78, 5) is 1.14. The van der Waals surface area contributed by atoms with Crippen LogP contribution in [0.5, 0.6) is 0 Å². The van der Waals surface area contributed by atoms with Crippen molar-refractivity contribution in [2.75, 3.05) is 0 Å². The quantitative estimate of drug-likeness (QED) is 0.557. The Morgan fingerprint density at radius 1 is 0.955 bits per heavy atom. The maximum absolute atomic E-state index is 13.0. The molecule has 1 aromatic heterocycles. The van der Waals surface area contributed by atoms with Crippen LogP contribution in [-0.2, 0) is 16.6 Å². The fraction of sp³-hybridized carbons (Fsp3) is 0.111. The van der Waals surface area contributed by atoms with Crippen LogP contribution in [0.25, 0.3) is 0 Å². The van der Waals surface area contributed by atoms with Gasteiger partial charge < -0.3 is 0 Å². The van der Waals surface area contributed by atoms with Crippen LogP contribution in [0, 0.1) is 0 Å². The van der Waals surface area contributed by atoms with E-state index in [4.69, 9.17) is 0 Å². The van der Waals surface area contributed by atoms with E-state index < -0.39 is 10.8 Å². The topological polar surface area (TPSA) is 17.1 Å². The summed E-state index contributed by atoms with van der Waals surface area (Å²) in [5, 5.41) is 1.94. The molecule has 0 bridgehead atoms. The molecule has 0 aliphatic carbocycles. The van der Waals surface area contributed by atoms with Crippen molar-refractivity contribution in [3.8, 4) is 0 Å². The molecule has 0 fully saturated rings. The summed E-state index contributed by atoms with van der Waals surface area (Å²) in [6.07, 6.45) is 0. The van der Waals surface area contributed by atoms with Gasteiger partial charge in [0.05, 0.1) is 11.0 Å². The average Bonchev–Trinajstić information content (AvgIpc) is 2.95. The van der Waals surface area contributed by atoms with Crippen molar-refractivity contribution in [2.24, 2.45) is 0 Å². The van der Waals surface area contributed by atoms with Gasteiger partial charge in [0.25, 0.3) is 0 Å². The van der Waals surface area contributed by atoms with Crippen LogP contribution in [0.3, 0.4) is 0 Å². The summed E-state index contributed by atoms with van der Waals surface area (Å²) >= 11 is 5.11. The molecule has 112 valence electrons. The van der Waals surface area contributed by atoms with Crippen molar-refractivity contribution in [1.82, 2.24) is 0 Å². The summed E-state index contributed by atoms with van der Waals surface area (Å²) in [6.45, 7) is 0. The third kappa shape index (κ3) is 3.75. The van der Waals surface area contributed by atoms with Crippen LogP contribution in [0.1, 0.15) is 21.3 Å². The number of hydrogen-bond acceptors (Lipinski definition) is 2. The van der Waals surface area contributed by atoms with E-state index in [1.54, 1.807) is 11.3 Å². The minimum atomic E-state index is -1.01. The highest BCUT2D eigenvalue weighted by molar-refractivity contribution is 9.10. The Balaban J connectivity index is 1.93. The fourth-order valence-corrected chi connectivity index (χ4v) is 5.71. The van der Waals surface area contributed by atoms with E-state index in [2.05, 4.69) is 46.3 Å². The standard InChI is InChI=1S/C18H15BrOS2/c19-16-11-17(21-12-16)13-22(20)18(14-7-3-1-4-8-14)15-9-5-2-6-10-15/h1-12,18H,13H2. The first-order chi connectivity index (χ1) is 10.7. The van der Waals surface area contributed by atoms with Crippen molar-refractivity contribution in [2.45, 2.75) is 11.0 Å². The van der Waals surface area contributed by atoms with E-state index in [0.29, 0.717) is 5.75 Å². The van der Waals surface area contributed by atoms with Crippen molar-refractivity contribution >= 4 is 38.1 Å². The Bertz CT molecular complexity index is 714. The number of halogens is 1. The van der Waals surface area contributed by atoms with Crippen molar-refractivity contribution < 1.29 is 4.21 Å². The summed E-state index contributed by atoms with van der Waals surface area (Å²) in [7, 11) is -1.01. The molecule has 0 aliphatic rings. The lowest BCUT2D eigenvalue weighted by atomic mass is 10.0. The lowest BCUT2D eigenvalue weighted by Crippen LogP contribution is -2.10. The maximum atomic E-state index is 13.0. The Hall–Kier alpha value is -1.23. The zero-order valence-corrected chi connectivity index (χ0v) is 15.0. The van der Waals surface area contributed by atoms with Gasteiger partial charge >= 0.3 is 0 Å². The summed E-state index contributed by atoms with van der Waals surface area (Å²) in [5.74, 6) is 0.574. The van der Waals surface area contributed by atoms with Crippen LogP contribution < -0.4 is 0 Å². The Morgan fingerprint density at radius 2 is 1.50 bits per heavy atom. The van der Waals surface area contributed by atoms with Gasteiger partial charge in [-0.3, -0.25) is 4.21 Å². The molecule has 22 heavy (non-hydrogen) atoms. The van der Waals surface area contributed by atoms with Gasteiger partial charge in [-0.15, -0.1) is 11.3 Å². The number of thiophene rings is 1. The van der Waals surface area contributed by atoms with Crippen LogP contribution in [0.2, 0.25) is 0 Å².